The zero-order valence-corrected chi connectivity index (χ0v) is 13.6. The molecule has 6 nitrogen and oxygen atoms in total. The first-order valence-corrected chi connectivity index (χ1v) is 7.73. The van der Waals surface area contributed by atoms with E-state index < -0.39 is 0 Å². The molecular weight excluding hydrogens is 307 g/mol. The number of hydrogen-bond acceptors (Lipinski definition) is 4. The highest BCUT2D eigenvalue weighted by atomic mass is 19.1. The predicted octanol–water partition coefficient (Wildman–Crippen LogP) is 3.59. The molecule has 0 spiro atoms. The number of aromatic nitrogens is 5. The molecule has 0 aliphatic rings. The molecule has 4 rings (SSSR count). The minimum absolute atomic E-state index is 0.110. The molecule has 0 aliphatic heterocycles. The number of nitrogens with two attached hydrogens (primary N) is 1. The van der Waals surface area contributed by atoms with Crippen LogP contribution in [0.3, 0.4) is 0 Å². The number of nitrogen functional groups attached to an aromatic ring is 1. The van der Waals surface area contributed by atoms with Crippen molar-refractivity contribution in [3.05, 3.63) is 35.9 Å². The van der Waals surface area contributed by atoms with Crippen LogP contribution in [0.15, 0.2) is 24.5 Å². The standard InChI is InChI=1S/C17H17FN6/c1-8(2)24-17-13(16(19)20-7-21-17)15(23-24)12-6-10-4-9(3)5-11(18)14(10)22-12/h4-8,22H,1-3H3,(H2,19,20,21). The van der Waals surface area contributed by atoms with E-state index in [1.807, 2.05) is 32.9 Å². The van der Waals surface area contributed by atoms with Crippen molar-refractivity contribution in [2.75, 3.05) is 5.73 Å². The van der Waals surface area contributed by atoms with Gasteiger partial charge in [-0.25, -0.2) is 19.0 Å². The van der Waals surface area contributed by atoms with E-state index in [4.69, 9.17) is 5.73 Å². The van der Waals surface area contributed by atoms with Crippen molar-refractivity contribution in [1.82, 2.24) is 24.7 Å². The number of benzene rings is 1. The average Bonchev–Trinajstić information content (AvgIpc) is 3.09. The Balaban J connectivity index is 2.05. The van der Waals surface area contributed by atoms with Crippen molar-refractivity contribution in [3.63, 3.8) is 0 Å². The second-order valence-corrected chi connectivity index (χ2v) is 6.24. The quantitative estimate of drug-likeness (QED) is 0.590. The summed E-state index contributed by atoms with van der Waals surface area (Å²) in [5, 5.41) is 6.12. The van der Waals surface area contributed by atoms with Crippen LogP contribution in [0.25, 0.3) is 33.3 Å². The molecule has 0 aliphatic carbocycles. The van der Waals surface area contributed by atoms with Gasteiger partial charge in [-0.1, -0.05) is 0 Å². The van der Waals surface area contributed by atoms with Crippen LogP contribution >= 0.6 is 0 Å². The highest BCUT2D eigenvalue weighted by Crippen LogP contribution is 2.33. The molecule has 0 radical (unpaired) electrons. The van der Waals surface area contributed by atoms with E-state index >= 15 is 0 Å². The molecule has 0 amide bonds. The van der Waals surface area contributed by atoms with Crippen molar-refractivity contribution in [3.8, 4) is 11.4 Å². The Morgan fingerprint density at radius 1 is 1.21 bits per heavy atom. The van der Waals surface area contributed by atoms with E-state index in [0.29, 0.717) is 33.8 Å². The van der Waals surface area contributed by atoms with Crippen LogP contribution in [-0.2, 0) is 0 Å². The Hall–Kier alpha value is -2.96. The number of halogens is 1. The van der Waals surface area contributed by atoms with Gasteiger partial charge in [0.05, 0.1) is 16.6 Å². The molecule has 0 saturated heterocycles. The van der Waals surface area contributed by atoms with Crippen molar-refractivity contribution >= 4 is 27.8 Å². The van der Waals surface area contributed by atoms with E-state index in [1.54, 1.807) is 4.68 Å². The Kier molecular flexibility index (Phi) is 3.06. The molecule has 0 fully saturated rings. The number of rotatable bonds is 2. The highest BCUT2D eigenvalue weighted by molar-refractivity contribution is 6.00. The van der Waals surface area contributed by atoms with Gasteiger partial charge in [-0.2, -0.15) is 5.10 Å². The lowest BCUT2D eigenvalue weighted by atomic mass is 10.1. The zero-order valence-electron chi connectivity index (χ0n) is 13.6. The van der Waals surface area contributed by atoms with Crippen molar-refractivity contribution in [2.45, 2.75) is 26.8 Å². The number of nitrogens with zero attached hydrogens (tertiary/aromatic N) is 4. The van der Waals surface area contributed by atoms with Crippen LogP contribution in [0.4, 0.5) is 10.2 Å². The summed E-state index contributed by atoms with van der Waals surface area (Å²) >= 11 is 0. The maximum atomic E-state index is 14.2. The maximum absolute atomic E-state index is 14.2. The summed E-state index contributed by atoms with van der Waals surface area (Å²) < 4.78 is 16.0. The summed E-state index contributed by atoms with van der Waals surface area (Å²) in [5.41, 5.74) is 9.38. The first-order chi connectivity index (χ1) is 11.5. The van der Waals surface area contributed by atoms with E-state index in [0.717, 1.165) is 10.9 Å². The van der Waals surface area contributed by atoms with Gasteiger partial charge < -0.3 is 10.7 Å². The molecule has 0 atom stereocenters. The third-order valence-corrected chi connectivity index (χ3v) is 4.09. The monoisotopic (exact) mass is 324 g/mol. The molecule has 24 heavy (non-hydrogen) atoms. The smallest absolute Gasteiger partial charge is 0.164 e. The average molecular weight is 324 g/mol. The van der Waals surface area contributed by atoms with E-state index in [1.165, 1.54) is 12.4 Å². The van der Waals surface area contributed by atoms with E-state index in [2.05, 4.69) is 20.1 Å². The lowest BCUT2D eigenvalue weighted by Crippen LogP contribution is -2.04. The lowest BCUT2D eigenvalue weighted by Gasteiger charge is -2.05. The van der Waals surface area contributed by atoms with Crippen molar-refractivity contribution in [2.24, 2.45) is 0 Å². The summed E-state index contributed by atoms with van der Waals surface area (Å²) in [4.78, 5) is 11.5. The van der Waals surface area contributed by atoms with Gasteiger partial charge in [0.25, 0.3) is 0 Å². The summed E-state index contributed by atoms with van der Waals surface area (Å²) in [6.07, 6.45) is 1.43. The largest absolute Gasteiger partial charge is 0.383 e. The van der Waals surface area contributed by atoms with Crippen molar-refractivity contribution in [1.29, 1.82) is 0 Å². The normalized spacial score (nSPS) is 11.9. The fourth-order valence-corrected chi connectivity index (χ4v) is 3.01. The van der Waals surface area contributed by atoms with Gasteiger partial charge in [0, 0.05) is 11.4 Å². The molecule has 0 saturated carbocycles. The van der Waals surface area contributed by atoms with Crippen LogP contribution in [-0.4, -0.2) is 24.7 Å². The van der Waals surface area contributed by atoms with Gasteiger partial charge in [0.2, 0.25) is 0 Å². The Labute approximate surface area is 137 Å². The molecular formula is C17H17FN6. The molecule has 0 bridgehead atoms. The maximum Gasteiger partial charge on any atom is 0.164 e. The minimum atomic E-state index is -0.284. The third kappa shape index (κ3) is 2.05. The van der Waals surface area contributed by atoms with Crippen LogP contribution in [0.5, 0.6) is 0 Å². The molecule has 122 valence electrons. The second kappa shape index (κ2) is 5.02. The van der Waals surface area contributed by atoms with Gasteiger partial charge in [-0.15, -0.1) is 0 Å². The fraction of sp³-hybridized carbons (Fsp3) is 0.235. The number of anilines is 1. The second-order valence-electron chi connectivity index (χ2n) is 6.24. The van der Waals surface area contributed by atoms with E-state index in [9.17, 15) is 4.39 Å². The fourth-order valence-electron chi connectivity index (χ4n) is 3.01. The Morgan fingerprint density at radius 2 is 2.00 bits per heavy atom. The highest BCUT2D eigenvalue weighted by Gasteiger charge is 2.20. The predicted molar refractivity (Wildman–Crippen MR) is 92.1 cm³/mol. The first kappa shape index (κ1) is 14.6. The van der Waals surface area contributed by atoms with Crippen LogP contribution in [0, 0.1) is 12.7 Å². The summed E-state index contributed by atoms with van der Waals surface area (Å²) in [6.45, 7) is 5.90. The summed E-state index contributed by atoms with van der Waals surface area (Å²) in [5.74, 6) is 0.0743. The minimum Gasteiger partial charge on any atom is -0.383 e. The Morgan fingerprint density at radius 3 is 2.75 bits per heavy atom. The molecule has 7 heteroatoms. The van der Waals surface area contributed by atoms with Crippen molar-refractivity contribution < 1.29 is 4.39 Å². The van der Waals surface area contributed by atoms with Crippen LogP contribution < -0.4 is 5.73 Å². The van der Waals surface area contributed by atoms with Gasteiger partial charge in [0.15, 0.2) is 5.65 Å². The number of aromatic amines is 1. The summed E-state index contributed by atoms with van der Waals surface area (Å²) in [6, 6.07) is 5.42. The number of nitrogens with one attached hydrogen (secondary N) is 1. The zero-order chi connectivity index (χ0) is 17.0. The van der Waals surface area contributed by atoms with Gasteiger partial charge in [0.1, 0.15) is 23.7 Å². The number of hydrogen-bond donors (Lipinski definition) is 2. The van der Waals surface area contributed by atoms with Gasteiger partial charge in [-0.05, 0) is 44.5 Å². The SMILES string of the molecule is Cc1cc(F)c2[nH]c(-c3nn(C(C)C)c4ncnc(N)c34)cc2c1. The third-order valence-electron chi connectivity index (χ3n) is 4.09. The van der Waals surface area contributed by atoms with Gasteiger partial charge >= 0.3 is 0 Å². The molecule has 3 N–H and O–H groups in total. The van der Waals surface area contributed by atoms with Crippen LogP contribution in [0.2, 0.25) is 0 Å². The number of H-pyrrole nitrogens is 1. The lowest BCUT2D eigenvalue weighted by molar-refractivity contribution is 0.547. The topological polar surface area (TPSA) is 85.4 Å². The first-order valence-electron chi connectivity index (χ1n) is 7.73. The molecule has 3 heterocycles. The van der Waals surface area contributed by atoms with E-state index in [-0.39, 0.29) is 11.9 Å². The molecule has 3 aromatic heterocycles. The summed E-state index contributed by atoms with van der Waals surface area (Å²) in [7, 11) is 0. The molecule has 0 unspecified atom stereocenters. The Bertz CT molecular complexity index is 1080. The number of fused-ring (bicyclic) bond motifs is 2. The van der Waals surface area contributed by atoms with Crippen LogP contribution in [0.1, 0.15) is 25.5 Å². The molecule has 4 aromatic rings. The number of aryl methyl sites for hydroxylation is 1. The van der Waals surface area contributed by atoms with Gasteiger partial charge in [-0.3, -0.25) is 0 Å². The molecule has 1 aromatic carbocycles.